The van der Waals surface area contributed by atoms with Crippen LogP contribution in [0.25, 0.3) is 10.9 Å². The quantitative estimate of drug-likeness (QED) is 0.393. The van der Waals surface area contributed by atoms with Crippen LogP contribution in [0.5, 0.6) is 0 Å². The highest BCUT2D eigenvalue weighted by atomic mass is 19.4. The number of hydrogen-bond acceptors (Lipinski definition) is 2. The van der Waals surface area contributed by atoms with E-state index in [2.05, 4.69) is 9.88 Å². The van der Waals surface area contributed by atoms with Crippen LogP contribution in [0.3, 0.4) is 0 Å². The van der Waals surface area contributed by atoms with Crippen molar-refractivity contribution in [3.63, 3.8) is 0 Å². The van der Waals surface area contributed by atoms with Gasteiger partial charge in [0.2, 0.25) is 0 Å². The number of alkyl halides is 3. The zero-order chi connectivity index (χ0) is 23.4. The molecule has 0 spiro atoms. The Bertz CT molecular complexity index is 1250. The summed E-state index contributed by atoms with van der Waals surface area (Å²) >= 11 is 0. The first-order valence-corrected chi connectivity index (χ1v) is 10.5. The third-order valence-corrected chi connectivity index (χ3v) is 5.60. The van der Waals surface area contributed by atoms with Gasteiger partial charge in [-0.05, 0) is 28.8 Å². The monoisotopic (exact) mass is 470 g/mol. The van der Waals surface area contributed by atoms with Crippen LogP contribution in [-0.2, 0) is 30.5 Å². The van der Waals surface area contributed by atoms with Gasteiger partial charge in [0.15, 0.2) is 0 Å². The Morgan fingerprint density at radius 3 is 2.32 bits per heavy atom. The molecule has 1 atom stereocenters. The van der Waals surface area contributed by atoms with Gasteiger partial charge in [0.05, 0.1) is 5.56 Å². The van der Waals surface area contributed by atoms with Crippen molar-refractivity contribution in [3.05, 3.63) is 107 Å². The normalized spacial score (nSPS) is 12.3. The van der Waals surface area contributed by atoms with Gasteiger partial charge in [-0.25, -0.2) is 0 Å². The third-order valence-electron chi connectivity index (χ3n) is 5.60. The molecule has 0 unspecified atom stereocenters. The van der Waals surface area contributed by atoms with Gasteiger partial charge >= 0.3 is 12.1 Å². The smallest absolute Gasteiger partial charge is 0.416 e. The number of carboxylic acid groups (broad SMARTS) is 1. The van der Waals surface area contributed by atoms with Crippen LogP contribution in [0.2, 0.25) is 0 Å². The maximum absolute atomic E-state index is 13.0. The lowest BCUT2D eigenvalue weighted by Gasteiger charge is -2.15. The minimum absolute atomic E-state index is 0. The van der Waals surface area contributed by atoms with E-state index in [-0.39, 0.29) is 18.4 Å². The van der Waals surface area contributed by atoms with Crippen molar-refractivity contribution in [1.82, 2.24) is 9.88 Å². The zero-order valence-corrected chi connectivity index (χ0v) is 18.2. The first-order valence-electron chi connectivity index (χ1n) is 10.5. The average molecular weight is 470 g/mol. The predicted octanol–water partition coefficient (Wildman–Crippen LogP) is 4.67. The number of hydrogen-bond donors (Lipinski definition) is 2. The van der Waals surface area contributed by atoms with Crippen molar-refractivity contribution in [2.24, 2.45) is 0 Å². The first-order chi connectivity index (χ1) is 15.8. The number of nitrogens with zero attached hydrogens (tertiary/aromatic N) is 1. The zero-order valence-electron chi connectivity index (χ0n) is 18.2. The van der Waals surface area contributed by atoms with Crippen LogP contribution in [-0.4, -0.2) is 27.2 Å². The fourth-order valence-electron chi connectivity index (χ4n) is 3.96. The van der Waals surface area contributed by atoms with Crippen LogP contribution in [0.4, 0.5) is 13.2 Å². The molecule has 4 aromatic rings. The lowest BCUT2D eigenvalue weighted by atomic mass is 10.0. The molecule has 0 aliphatic rings. The minimum Gasteiger partial charge on any atom is -0.480 e. The number of aromatic nitrogens is 1. The standard InChI is InChI=1S/C26H23F3N2O2.H2O/c27-26(28,29)21-10-6-9-19(13-21)15-30-23(25(32)33)14-20-17-31(16-18-7-2-1-3-8-18)24-12-5-4-11-22(20)24;/h1-13,17,23,30H,14-16H2,(H,32,33);1H2/t23-;/m0./s1. The second-order valence-corrected chi connectivity index (χ2v) is 7.96. The Morgan fingerprint density at radius 1 is 0.941 bits per heavy atom. The Hall–Kier alpha value is -3.62. The van der Waals surface area contributed by atoms with Crippen molar-refractivity contribution >= 4 is 16.9 Å². The van der Waals surface area contributed by atoms with Crippen LogP contribution >= 0.6 is 0 Å². The number of aliphatic carboxylic acids is 1. The summed E-state index contributed by atoms with van der Waals surface area (Å²) in [4.78, 5) is 11.9. The van der Waals surface area contributed by atoms with Gasteiger partial charge in [-0.2, -0.15) is 13.2 Å². The first kappa shape index (κ1) is 25.0. The number of fused-ring (bicyclic) bond motifs is 1. The average Bonchev–Trinajstić information content (AvgIpc) is 3.14. The number of halogens is 3. The molecule has 8 heteroatoms. The molecule has 0 saturated heterocycles. The van der Waals surface area contributed by atoms with Gasteiger partial charge in [-0.1, -0.05) is 66.7 Å². The van der Waals surface area contributed by atoms with Crippen LogP contribution in [0, 0.1) is 0 Å². The van der Waals surface area contributed by atoms with Crippen LogP contribution in [0.1, 0.15) is 22.3 Å². The van der Waals surface area contributed by atoms with Crippen LogP contribution < -0.4 is 5.32 Å². The van der Waals surface area contributed by atoms with Gasteiger partial charge in [0.25, 0.3) is 0 Å². The lowest BCUT2D eigenvalue weighted by molar-refractivity contribution is -0.140. The van der Waals surface area contributed by atoms with Crippen molar-refractivity contribution in [2.45, 2.75) is 31.7 Å². The summed E-state index contributed by atoms with van der Waals surface area (Å²) < 4.78 is 41.0. The second-order valence-electron chi connectivity index (χ2n) is 7.96. The highest BCUT2D eigenvalue weighted by Gasteiger charge is 2.30. The van der Waals surface area contributed by atoms with Crippen molar-refractivity contribution in [3.8, 4) is 0 Å². The van der Waals surface area contributed by atoms with E-state index < -0.39 is 23.8 Å². The molecule has 0 radical (unpaired) electrons. The molecule has 0 aliphatic carbocycles. The summed E-state index contributed by atoms with van der Waals surface area (Å²) in [5.41, 5.74) is 2.62. The summed E-state index contributed by atoms with van der Waals surface area (Å²) in [6, 6.07) is 21.7. The SMILES string of the molecule is O.O=C(O)[C@H](Cc1cn(Cc2ccccc2)c2ccccc12)NCc1cccc(C(F)(F)F)c1. The molecule has 0 amide bonds. The number of para-hydroxylation sites is 1. The highest BCUT2D eigenvalue weighted by Crippen LogP contribution is 2.29. The fraction of sp³-hybridized carbons (Fsp3) is 0.192. The molecule has 34 heavy (non-hydrogen) atoms. The Balaban J connectivity index is 0.00000324. The number of nitrogens with one attached hydrogen (secondary N) is 1. The summed E-state index contributed by atoms with van der Waals surface area (Å²) in [5.74, 6) is -1.05. The molecule has 3 aromatic carbocycles. The van der Waals surface area contributed by atoms with Gasteiger partial charge in [0.1, 0.15) is 6.04 Å². The van der Waals surface area contributed by atoms with E-state index in [0.717, 1.165) is 34.2 Å². The molecular weight excluding hydrogens is 445 g/mol. The second kappa shape index (κ2) is 10.5. The number of carboxylic acids is 1. The topological polar surface area (TPSA) is 85.8 Å². The molecule has 0 saturated carbocycles. The summed E-state index contributed by atoms with van der Waals surface area (Å²) in [6.07, 6.45) is -2.28. The molecular formula is C26H25F3N2O3. The Morgan fingerprint density at radius 2 is 1.62 bits per heavy atom. The van der Waals surface area contributed by atoms with E-state index in [1.54, 1.807) is 6.07 Å². The predicted molar refractivity (Wildman–Crippen MR) is 125 cm³/mol. The third kappa shape index (κ3) is 5.84. The molecule has 1 aromatic heterocycles. The van der Waals surface area contributed by atoms with E-state index in [9.17, 15) is 23.1 Å². The van der Waals surface area contributed by atoms with Crippen molar-refractivity contribution < 1.29 is 28.5 Å². The molecule has 1 heterocycles. The summed E-state index contributed by atoms with van der Waals surface area (Å²) in [6.45, 7) is 0.667. The van der Waals surface area contributed by atoms with Gasteiger partial charge in [-0.3, -0.25) is 4.79 Å². The van der Waals surface area contributed by atoms with Crippen molar-refractivity contribution in [1.29, 1.82) is 0 Å². The largest absolute Gasteiger partial charge is 0.480 e. The number of carbonyl (C=O) groups is 1. The number of rotatable bonds is 8. The molecule has 0 fully saturated rings. The van der Waals surface area contributed by atoms with E-state index in [0.29, 0.717) is 12.1 Å². The molecule has 4 rings (SSSR count). The summed E-state index contributed by atoms with van der Waals surface area (Å²) in [5, 5.41) is 13.6. The highest BCUT2D eigenvalue weighted by molar-refractivity contribution is 5.85. The Labute approximate surface area is 194 Å². The van der Waals surface area contributed by atoms with E-state index in [1.165, 1.54) is 6.07 Å². The maximum Gasteiger partial charge on any atom is 0.416 e. The summed E-state index contributed by atoms with van der Waals surface area (Å²) in [7, 11) is 0. The Kier molecular flexibility index (Phi) is 7.75. The van der Waals surface area contributed by atoms with Gasteiger partial charge < -0.3 is 20.5 Å². The molecule has 4 N–H and O–H groups in total. The lowest BCUT2D eigenvalue weighted by Crippen LogP contribution is -2.38. The van der Waals surface area contributed by atoms with Gasteiger partial charge in [-0.15, -0.1) is 0 Å². The van der Waals surface area contributed by atoms with E-state index in [1.807, 2.05) is 60.8 Å². The molecule has 5 nitrogen and oxygen atoms in total. The van der Waals surface area contributed by atoms with E-state index >= 15 is 0 Å². The minimum atomic E-state index is -4.44. The maximum atomic E-state index is 13.0. The van der Waals surface area contributed by atoms with Gasteiger partial charge in [0, 0.05) is 36.6 Å². The molecule has 0 aliphatic heterocycles. The van der Waals surface area contributed by atoms with Crippen LogP contribution in [0.15, 0.2) is 85.1 Å². The fourth-order valence-corrected chi connectivity index (χ4v) is 3.96. The van der Waals surface area contributed by atoms with E-state index in [4.69, 9.17) is 0 Å². The number of benzene rings is 3. The molecule has 0 bridgehead atoms. The van der Waals surface area contributed by atoms with Crippen molar-refractivity contribution in [2.75, 3.05) is 0 Å². The molecule has 178 valence electrons.